The first-order chi connectivity index (χ1) is 6.70. The zero-order valence-corrected chi connectivity index (χ0v) is 9.52. The molecule has 1 saturated heterocycles. The maximum Gasteiger partial charge on any atom is 0.0218 e. The smallest absolute Gasteiger partial charge is 0.0218 e. The summed E-state index contributed by atoms with van der Waals surface area (Å²) in [4.78, 5) is 2.26. The van der Waals surface area contributed by atoms with Gasteiger partial charge in [-0.05, 0) is 39.4 Å². The van der Waals surface area contributed by atoms with E-state index in [0.29, 0.717) is 6.04 Å². The fourth-order valence-corrected chi connectivity index (χ4v) is 2.19. The molecule has 0 saturated carbocycles. The minimum Gasteiger partial charge on any atom is -0.772 e. The summed E-state index contributed by atoms with van der Waals surface area (Å²) in [7, 11) is 2.07. The molecule has 0 radical (unpaired) electrons. The third-order valence-corrected chi connectivity index (χ3v) is 3.34. The second-order valence-electron chi connectivity index (χ2n) is 3.84. The minimum absolute atomic E-state index is 0.282. The van der Waals surface area contributed by atoms with Gasteiger partial charge in [-0.3, -0.25) is 4.21 Å². The van der Waals surface area contributed by atoms with Crippen LogP contribution in [-0.2, 0) is 11.1 Å². The molecule has 5 heteroatoms. The third-order valence-electron chi connectivity index (χ3n) is 2.72. The zero-order valence-electron chi connectivity index (χ0n) is 8.70. The predicted molar refractivity (Wildman–Crippen MR) is 56.9 cm³/mol. The highest BCUT2D eigenvalue weighted by Crippen LogP contribution is 2.08. The molecule has 1 aliphatic rings. The first-order valence-corrected chi connectivity index (χ1v) is 6.41. The number of nitrogens with zero attached hydrogens (tertiary/aromatic N) is 1. The summed E-state index contributed by atoms with van der Waals surface area (Å²) in [5, 5.41) is 3.35. The normalized spacial score (nSPS) is 25.2. The third kappa shape index (κ3) is 4.50. The van der Waals surface area contributed by atoms with Crippen molar-refractivity contribution in [1.82, 2.24) is 10.2 Å². The van der Waals surface area contributed by atoms with Gasteiger partial charge in [0.05, 0.1) is 0 Å². The Hall–Kier alpha value is 0.0300. The van der Waals surface area contributed by atoms with Gasteiger partial charge in [0, 0.05) is 18.3 Å². The van der Waals surface area contributed by atoms with Crippen molar-refractivity contribution in [3.8, 4) is 0 Å². The van der Waals surface area contributed by atoms with Crippen molar-refractivity contribution in [1.29, 1.82) is 0 Å². The van der Waals surface area contributed by atoms with Gasteiger partial charge >= 0.3 is 0 Å². The lowest BCUT2D eigenvalue weighted by Crippen LogP contribution is -2.44. The summed E-state index contributed by atoms with van der Waals surface area (Å²) in [6.45, 7) is 3.03. The maximum absolute atomic E-state index is 10.3. The van der Waals surface area contributed by atoms with Gasteiger partial charge in [-0.25, -0.2) is 0 Å². The second kappa shape index (κ2) is 6.50. The topological polar surface area (TPSA) is 55.4 Å². The van der Waals surface area contributed by atoms with E-state index in [4.69, 9.17) is 0 Å². The predicted octanol–water partition coefficient (Wildman–Crippen LogP) is -0.0606. The zero-order chi connectivity index (χ0) is 10.4. The van der Waals surface area contributed by atoms with Crippen molar-refractivity contribution < 1.29 is 8.76 Å². The molecule has 14 heavy (non-hydrogen) atoms. The molecule has 2 atom stereocenters. The van der Waals surface area contributed by atoms with E-state index in [2.05, 4.69) is 17.3 Å². The molecular formula is C9H19N2O2S-. The molecule has 1 fully saturated rings. The van der Waals surface area contributed by atoms with Gasteiger partial charge in [0.1, 0.15) is 0 Å². The Morgan fingerprint density at radius 1 is 1.64 bits per heavy atom. The highest BCUT2D eigenvalue weighted by Gasteiger charge is 2.16. The summed E-state index contributed by atoms with van der Waals surface area (Å²) < 4.78 is 20.7. The monoisotopic (exact) mass is 219 g/mol. The van der Waals surface area contributed by atoms with E-state index < -0.39 is 11.1 Å². The van der Waals surface area contributed by atoms with Crippen molar-refractivity contribution in [3.63, 3.8) is 0 Å². The molecule has 2 unspecified atom stereocenters. The number of hydrogen-bond donors (Lipinski definition) is 1. The Bertz CT molecular complexity index is 184. The molecular weight excluding hydrogens is 200 g/mol. The van der Waals surface area contributed by atoms with Gasteiger partial charge in [-0.2, -0.15) is 0 Å². The molecule has 84 valence electrons. The highest BCUT2D eigenvalue weighted by atomic mass is 32.2. The van der Waals surface area contributed by atoms with E-state index in [9.17, 15) is 8.76 Å². The van der Waals surface area contributed by atoms with Crippen molar-refractivity contribution in [2.45, 2.75) is 25.3 Å². The minimum atomic E-state index is -1.88. The number of rotatable bonds is 5. The highest BCUT2D eigenvalue weighted by molar-refractivity contribution is 7.79. The van der Waals surface area contributed by atoms with Crippen LogP contribution < -0.4 is 5.32 Å². The van der Waals surface area contributed by atoms with Crippen LogP contribution in [0.1, 0.15) is 19.3 Å². The molecule has 1 N–H and O–H groups in total. The van der Waals surface area contributed by atoms with E-state index in [1.165, 1.54) is 12.8 Å². The molecule has 0 aromatic carbocycles. The molecule has 0 amide bonds. The van der Waals surface area contributed by atoms with Crippen LogP contribution in [0.25, 0.3) is 0 Å². The largest absolute Gasteiger partial charge is 0.772 e. The Balaban J connectivity index is 2.13. The molecule has 1 aliphatic heterocycles. The van der Waals surface area contributed by atoms with Gasteiger partial charge < -0.3 is 14.8 Å². The van der Waals surface area contributed by atoms with E-state index in [1.807, 2.05) is 0 Å². The van der Waals surface area contributed by atoms with Crippen LogP contribution in [0, 0.1) is 0 Å². The molecule has 4 nitrogen and oxygen atoms in total. The Labute approximate surface area is 88.3 Å². The summed E-state index contributed by atoms with van der Waals surface area (Å²) in [5.74, 6) is 0.282. The molecule has 0 aromatic rings. The van der Waals surface area contributed by atoms with Gasteiger partial charge in [0.2, 0.25) is 0 Å². The molecule has 0 spiro atoms. The van der Waals surface area contributed by atoms with Crippen LogP contribution in [0.2, 0.25) is 0 Å². The number of nitrogens with one attached hydrogen (secondary N) is 1. The Kier molecular flexibility index (Phi) is 5.62. The maximum atomic E-state index is 10.3. The summed E-state index contributed by atoms with van der Waals surface area (Å²) in [6.07, 6.45) is 3.19. The molecule has 0 bridgehead atoms. The van der Waals surface area contributed by atoms with Crippen molar-refractivity contribution in [2.75, 3.05) is 32.4 Å². The van der Waals surface area contributed by atoms with Crippen LogP contribution in [0.4, 0.5) is 0 Å². The van der Waals surface area contributed by atoms with Crippen LogP contribution in [0.3, 0.4) is 0 Å². The quantitative estimate of drug-likeness (QED) is 0.658. The lowest BCUT2D eigenvalue weighted by Gasteiger charge is -2.31. The number of likely N-dealkylation sites (N-methyl/N-ethyl adjacent to an activating group) is 1. The van der Waals surface area contributed by atoms with Crippen molar-refractivity contribution in [3.05, 3.63) is 0 Å². The SMILES string of the molecule is CN(CCCS(=O)[O-])C1CCCNC1. The molecule has 1 rings (SSSR count). The molecule has 0 aliphatic carbocycles. The number of piperidine rings is 1. The molecule has 1 heterocycles. The molecule has 0 aromatic heterocycles. The lowest BCUT2D eigenvalue weighted by atomic mass is 10.1. The van der Waals surface area contributed by atoms with Crippen LogP contribution >= 0.6 is 0 Å². The van der Waals surface area contributed by atoms with Crippen LogP contribution in [-0.4, -0.2) is 52.1 Å². The van der Waals surface area contributed by atoms with E-state index in [0.717, 1.165) is 26.1 Å². The average molecular weight is 219 g/mol. The van der Waals surface area contributed by atoms with Gasteiger partial charge in [0.15, 0.2) is 0 Å². The average Bonchev–Trinajstić information content (AvgIpc) is 2.18. The van der Waals surface area contributed by atoms with Crippen molar-refractivity contribution in [2.24, 2.45) is 0 Å². The van der Waals surface area contributed by atoms with E-state index >= 15 is 0 Å². The summed E-state index contributed by atoms with van der Waals surface area (Å²) in [5.41, 5.74) is 0. The first kappa shape index (κ1) is 12.1. The first-order valence-electron chi connectivity index (χ1n) is 5.17. The lowest BCUT2D eigenvalue weighted by molar-refractivity contribution is 0.203. The van der Waals surface area contributed by atoms with Crippen molar-refractivity contribution >= 4 is 11.1 Å². The Morgan fingerprint density at radius 3 is 3.00 bits per heavy atom. The summed E-state index contributed by atoms with van der Waals surface area (Å²) >= 11 is -1.88. The van der Waals surface area contributed by atoms with E-state index in [-0.39, 0.29) is 5.75 Å². The van der Waals surface area contributed by atoms with Gasteiger partial charge in [-0.15, -0.1) is 0 Å². The fraction of sp³-hybridized carbons (Fsp3) is 1.00. The van der Waals surface area contributed by atoms with Crippen LogP contribution in [0.15, 0.2) is 0 Å². The van der Waals surface area contributed by atoms with E-state index in [1.54, 1.807) is 0 Å². The van der Waals surface area contributed by atoms with Gasteiger partial charge in [-0.1, -0.05) is 11.1 Å². The van der Waals surface area contributed by atoms with Gasteiger partial charge in [0.25, 0.3) is 0 Å². The summed E-state index contributed by atoms with van der Waals surface area (Å²) in [6, 6.07) is 0.587. The standard InChI is InChI=1S/C9H20N2O2S/c1-11(6-3-7-14(12)13)9-4-2-5-10-8-9/h9-10H,2-8H2,1H3,(H,12,13)/p-1. The Morgan fingerprint density at radius 2 is 2.43 bits per heavy atom. The fourth-order valence-electron chi connectivity index (χ4n) is 1.82. The van der Waals surface area contributed by atoms with Crippen LogP contribution in [0.5, 0.6) is 0 Å². The number of hydrogen-bond acceptors (Lipinski definition) is 4. The second-order valence-corrected chi connectivity index (χ2v) is 4.86.